The molecule has 1 unspecified atom stereocenters. The second kappa shape index (κ2) is 7.13. The lowest BCUT2D eigenvalue weighted by molar-refractivity contribution is -0.137. The van der Waals surface area contributed by atoms with Gasteiger partial charge in [0.2, 0.25) is 0 Å². The summed E-state index contributed by atoms with van der Waals surface area (Å²) in [5, 5.41) is 11.3. The van der Waals surface area contributed by atoms with Crippen molar-refractivity contribution in [2.75, 3.05) is 0 Å². The van der Waals surface area contributed by atoms with Crippen LogP contribution in [0.2, 0.25) is 0 Å². The lowest BCUT2D eigenvalue weighted by atomic mass is 10.0. The fourth-order valence-corrected chi connectivity index (χ4v) is 2.27. The van der Waals surface area contributed by atoms with E-state index in [9.17, 15) is 9.59 Å². The largest absolute Gasteiger partial charge is 0.481 e. The quantitative estimate of drug-likeness (QED) is 0.852. The molecule has 2 rings (SSSR count). The molecule has 0 aliphatic carbocycles. The van der Waals surface area contributed by atoms with Crippen LogP contribution in [0.4, 0.5) is 0 Å². The van der Waals surface area contributed by atoms with Crippen LogP contribution >= 0.6 is 0 Å². The normalized spacial score (nSPS) is 12.2. The van der Waals surface area contributed by atoms with E-state index >= 15 is 0 Å². The molecule has 122 valence electrons. The fraction of sp³-hybridized carbons (Fsp3) is 0.333. The minimum Gasteiger partial charge on any atom is -0.481 e. The Kier molecular flexibility index (Phi) is 5.21. The third-order valence-electron chi connectivity index (χ3n) is 3.53. The second-order valence-electron chi connectivity index (χ2n) is 5.92. The van der Waals surface area contributed by atoms with Gasteiger partial charge in [-0.05, 0) is 36.6 Å². The molecule has 1 atom stereocenters. The minimum atomic E-state index is -0.955. The van der Waals surface area contributed by atoms with Crippen molar-refractivity contribution in [1.29, 1.82) is 0 Å². The van der Waals surface area contributed by atoms with Crippen molar-refractivity contribution in [3.8, 4) is 11.3 Å². The summed E-state index contributed by atoms with van der Waals surface area (Å²) < 4.78 is 5.61. The van der Waals surface area contributed by atoms with Crippen molar-refractivity contribution in [3.63, 3.8) is 0 Å². The van der Waals surface area contributed by atoms with Crippen molar-refractivity contribution in [2.45, 2.75) is 39.2 Å². The molecule has 5 nitrogen and oxygen atoms in total. The van der Waals surface area contributed by atoms with E-state index in [1.165, 1.54) is 5.56 Å². The first-order valence-corrected chi connectivity index (χ1v) is 7.59. The zero-order valence-corrected chi connectivity index (χ0v) is 13.5. The third-order valence-corrected chi connectivity index (χ3v) is 3.53. The van der Waals surface area contributed by atoms with Gasteiger partial charge in [-0.3, -0.25) is 9.59 Å². The summed E-state index contributed by atoms with van der Waals surface area (Å²) in [5.41, 5.74) is 2.11. The smallest absolute Gasteiger partial charge is 0.305 e. The third kappa shape index (κ3) is 4.45. The van der Waals surface area contributed by atoms with Gasteiger partial charge in [0.1, 0.15) is 5.76 Å². The number of carboxylic acid groups (broad SMARTS) is 1. The molecule has 0 aliphatic rings. The maximum absolute atomic E-state index is 12.1. The van der Waals surface area contributed by atoms with E-state index in [1.807, 2.05) is 18.2 Å². The molecule has 1 aromatic heterocycles. The van der Waals surface area contributed by atoms with Crippen LogP contribution in [0.25, 0.3) is 11.3 Å². The van der Waals surface area contributed by atoms with Crippen LogP contribution in [0.15, 0.2) is 40.8 Å². The Labute approximate surface area is 135 Å². The van der Waals surface area contributed by atoms with E-state index < -0.39 is 17.9 Å². The summed E-state index contributed by atoms with van der Waals surface area (Å²) in [6, 6.07) is 10.9. The SMILES string of the molecule is CC(CC(=O)O)NC(=O)c1ccc(-c2cccc(C(C)C)c2)o1. The van der Waals surface area contributed by atoms with Gasteiger partial charge in [-0.1, -0.05) is 32.0 Å². The lowest BCUT2D eigenvalue weighted by Gasteiger charge is -2.10. The van der Waals surface area contributed by atoms with Gasteiger partial charge in [-0.2, -0.15) is 0 Å². The number of aliphatic carboxylic acids is 1. The van der Waals surface area contributed by atoms with Gasteiger partial charge in [-0.15, -0.1) is 0 Å². The molecule has 0 aliphatic heterocycles. The molecule has 0 radical (unpaired) electrons. The average Bonchev–Trinajstić information content (AvgIpc) is 2.96. The Bertz CT molecular complexity index is 703. The van der Waals surface area contributed by atoms with Crippen LogP contribution in [0, 0.1) is 0 Å². The van der Waals surface area contributed by atoms with E-state index in [4.69, 9.17) is 9.52 Å². The van der Waals surface area contributed by atoms with Gasteiger partial charge in [0.25, 0.3) is 5.91 Å². The Morgan fingerprint density at radius 3 is 2.57 bits per heavy atom. The highest BCUT2D eigenvalue weighted by Crippen LogP contribution is 2.25. The van der Waals surface area contributed by atoms with Crippen molar-refractivity contribution in [2.24, 2.45) is 0 Å². The van der Waals surface area contributed by atoms with E-state index in [-0.39, 0.29) is 12.2 Å². The Morgan fingerprint density at radius 1 is 1.17 bits per heavy atom. The average molecular weight is 315 g/mol. The molecule has 0 bridgehead atoms. The highest BCUT2D eigenvalue weighted by atomic mass is 16.4. The van der Waals surface area contributed by atoms with Gasteiger partial charge in [0.15, 0.2) is 5.76 Å². The molecule has 0 saturated carbocycles. The van der Waals surface area contributed by atoms with Crippen LogP contribution in [0.5, 0.6) is 0 Å². The lowest BCUT2D eigenvalue weighted by Crippen LogP contribution is -2.33. The highest BCUT2D eigenvalue weighted by molar-refractivity contribution is 5.92. The summed E-state index contributed by atoms with van der Waals surface area (Å²) in [5.74, 6) is -0.172. The monoisotopic (exact) mass is 315 g/mol. The molecule has 1 amide bonds. The Hall–Kier alpha value is -2.56. The number of carbonyl (C=O) groups is 2. The van der Waals surface area contributed by atoms with Gasteiger partial charge in [0.05, 0.1) is 6.42 Å². The van der Waals surface area contributed by atoms with Crippen LogP contribution in [0.3, 0.4) is 0 Å². The van der Waals surface area contributed by atoms with Gasteiger partial charge >= 0.3 is 5.97 Å². The molecule has 0 saturated heterocycles. The molecule has 2 N–H and O–H groups in total. The molecule has 5 heteroatoms. The van der Waals surface area contributed by atoms with Crippen molar-refractivity contribution in [1.82, 2.24) is 5.32 Å². The summed E-state index contributed by atoms with van der Waals surface area (Å²) >= 11 is 0. The predicted molar refractivity (Wildman–Crippen MR) is 87.4 cm³/mol. The molecule has 0 fully saturated rings. The van der Waals surface area contributed by atoms with E-state index in [0.29, 0.717) is 11.7 Å². The summed E-state index contributed by atoms with van der Waals surface area (Å²) in [6.07, 6.45) is -0.129. The van der Waals surface area contributed by atoms with Gasteiger partial charge < -0.3 is 14.8 Å². The standard InChI is InChI=1S/C18H21NO4/c1-11(2)13-5-4-6-14(10-13)15-7-8-16(23-15)18(22)19-12(3)9-17(20)21/h4-8,10-12H,9H2,1-3H3,(H,19,22)(H,20,21). The zero-order valence-electron chi connectivity index (χ0n) is 13.5. The Morgan fingerprint density at radius 2 is 1.91 bits per heavy atom. The zero-order chi connectivity index (χ0) is 17.0. The highest BCUT2D eigenvalue weighted by Gasteiger charge is 2.16. The molecule has 23 heavy (non-hydrogen) atoms. The fourth-order valence-electron chi connectivity index (χ4n) is 2.27. The van der Waals surface area contributed by atoms with Crippen molar-refractivity contribution < 1.29 is 19.1 Å². The van der Waals surface area contributed by atoms with Crippen LogP contribution in [-0.4, -0.2) is 23.0 Å². The minimum absolute atomic E-state index is 0.129. The molecule has 1 aromatic carbocycles. The van der Waals surface area contributed by atoms with Crippen LogP contribution in [-0.2, 0) is 4.79 Å². The number of carboxylic acids is 1. The van der Waals surface area contributed by atoms with Gasteiger partial charge in [0, 0.05) is 11.6 Å². The van der Waals surface area contributed by atoms with Crippen LogP contribution < -0.4 is 5.32 Å². The first kappa shape index (κ1) is 16.8. The predicted octanol–water partition coefficient (Wildman–Crippen LogP) is 3.66. The molecular weight excluding hydrogens is 294 g/mol. The first-order valence-electron chi connectivity index (χ1n) is 7.59. The van der Waals surface area contributed by atoms with Crippen LogP contribution in [0.1, 0.15) is 49.2 Å². The molecule has 0 spiro atoms. The summed E-state index contributed by atoms with van der Waals surface area (Å²) in [4.78, 5) is 22.7. The van der Waals surface area contributed by atoms with Crippen molar-refractivity contribution in [3.05, 3.63) is 47.7 Å². The molecule has 1 heterocycles. The number of rotatable bonds is 6. The number of benzene rings is 1. The topological polar surface area (TPSA) is 79.5 Å². The second-order valence-corrected chi connectivity index (χ2v) is 5.92. The number of amides is 1. The van der Waals surface area contributed by atoms with Gasteiger partial charge in [-0.25, -0.2) is 0 Å². The maximum atomic E-state index is 12.1. The number of hydrogen-bond acceptors (Lipinski definition) is 3. The summed E-state index contributed by atoms with van der Waals surface area (Å²) in [6.45, 7) is 5.87. The Balaban J connectivity index is 2.12. The first-order chi connectivity index (χ1) is 10.9. The molecular formula is C18H21NO4. The van der Waals surface area contributed by atoms with E-state index in [0.717, 1.165) is 5.56 Å². The van der Waals surface area contributed by atoms with E-state index in [1.54, 1.807) is 19.1 Å². The number of carbonyl (C=O) groups excluding carboxylic acids is 1. The molecule has 2 aromatic rings. The number of nitrogens with one attached hydrogen (secondary N) is 1. The summed E-state index contributed by atoms with van der Waals surface area (Å²) in [7, 11) is 0. The number of hydrogen-bond donors (Lipinski definition) is 2. The van der Waals surface area contributed by atoms with E-state index in [2.05, 4.69) is 25.2 Å². The number of furan rings is 1. The van der Waals surface area contributed by atoms with Crippen molar-refractivity contribution >= 4 is 11.9 Å². The maximum Gasteiger partial charge on any atom is 0.305 e.